The van der Waals surface area contributed by atoms with Crippen LogP contribution in [0.25, 0.3) is 0 Å². The molecular weight excluding hydrogens is 269 g/mol. The second-order valence-corrected chi connectivity index (χ2v) is 5.31. The van der Waals surface area contributed by atoms with Crippen LogP contribution in [-0.2, 0) is 13.0 Å². The van der Waals surface area contributed by atoms with Crippen LogP contribution in [0, 0.1) is 12.7 Å². The van der Waals surface area contributed by atoms with Crippen molar-refractivity contribution < 1.29 is 13.9 Å². The molecule has 1 aliphatic heterocycles. The zero-order valence-electron chi connectivity index (χ0n) is 11.9. The molecular formula is C17H18FNO2. The summed E-state index contributed by atoms with van der Waals surface area (Å²) >= 11 is 0. The van der Waals surface area contributed by atoms with Crippen molar-refractivity contribution in [2.24, 2.45) is 5.73 Å². The smallest absolute Gasteiger partial charge is 0.137 e. The van der Waals surface area contributed by atoms with Crippen LogP contribution in [0.3, 0.4) is 0 Å². The predicted molar refractivity (Wildman–Crippen MR) is 79.1 cm³/mol. The van der Waals surface area contributed by atoms with E-state index in [0.717, 1.165) is 28.2 Å². The summed E-state index contributed by atoms with van der Waals surface area (Å²) in [6.45, 7) is 2.92. The Bertz CT molecular complexity index is 657. The Morgan fingerprint density at radius 3 is 2.95 bits per heavy atom. The minimum Gasteiger partial charge on any atom is -0.489 e. The van der Waals surface area contributed by atoms with Crippen molar-refractivity contribution in [1.82, 2.24) is 0 Å². The number of rotatable bonds is 4. The molecule has 2 aromatic rings. The van der Waals surface area contributed by atoms with Gasteiger partial charge in [-0.2, -0.15) is 0 Å². The largest absolute Gasteiger partial charge is 0.489 e. The molecule has 2 N–H and O–H groups in total. The van der Waals surface area contributed by atoms with E-state index in [4.69, 9.17) is 15.2 Å². The minimum absolute atomic E-state index is 0.0808. The lowest BCUT2D eigenvalue weighted by molar-refractivity contribution is 0.148. The molecule has 21 heavy (non-hydrogen) atoms. The Labute approximate surface area is 123 Å². The first-order valence-electron chi connectivity index (χ1n) is 7.03. The molecule has 1 unspecified atom stereocenters. The van der Waals surface area contributed by atoms with Crippen molar-refractivity contribution >= 4 is 0 Å². The summed E-state index contributed by atoms with van der Waals surface area (Å²) in [5.74, 6) is 1.34. The predicted octanol–water partition coefficient (Wildman–Crippen LogP) is 2.98. The quantitative estimate of drug-likeness (QED) is 0.940. The fourth-order valence-electron chi connectivity index (χ4n) is 2.49. The van der Waals surface area contributed by atoms with Gasteiger partial charge in [0.1, 0.15) is 30.0 Å². The Kier molecular flexibility index (Phi) is 3.80. The highest BCUT2D eigenvalue weighted by molar-refractivity contribution is 5.39. The van der Waals surface area contributed by atoms with Crippen LogP contribution in [0.1, 0.15) is 16.7 Å². The third kappa shape index (κ3) is 3.00. The number of aryl methyl sites for hydroxylation is 1. The van der Waals surface area contributed by atoms with E-state index in [0.29, 0.717) is 19.6 Å². The molecule has 0 spiro atoms. The third-order valence-electron chi connectivity index (χ3n) is 3.68. The maximum atomic E-state index is 13.2. The summed E-state index contributed by atoms with van der Waals surface area (Å²) in [4.78, 5) is 0. The zero-order chi connectivity index (χ0) is 14.8. The first-order valence-corrected chi connectivity index (χ1v) is 7.03. The molecule has 3 nitrogen and oxygen atoms in total. The van der Waals surface area contributed by atoms with E-state index in [9.17, 15) is 4.39 Å². The molecule has 1 atom stereocenters. The number of ether oxygens (including phenoxy) is 2. The van der Waals surface area contributed by atoms with Gasteiger partial charge in [0.2, 0.25) is 0 Å². The van der Waals surface area contributed by atoms with Crippen molar-refractivity contribution in [3.8, 4) is 11.5 Å². The molecule has 0 bridgehead atoms. The van der Waals surface area contributed by atoms with E-state index < -0.39 is 0 Å². The van der Waals surface area contributed by atoms with Gasteiger partial charge >= 0.3 is 0 Å². The topological polar surface area (TPSA) is 44.5 Å². The van der Waals surface area contributed by atoms with E-state index in [-0.39, 0.29) is 11.9 Å². The lowest BCUT2D eigenvalue weighted by atomic mass is 10.1. The molecule has 0 amide bonds. The van der Waals surface area contributed by atoms with Crippen molar-refractivity contribution in [3.05, 3.63) is 58.9 Å². The summed E-state index contributed by atoms with van der Waals surface area (Å²) in [6.07, 6.45) is 0.589. The van der Waals surface area contributed by atoms with E-state index >= 15 is 0 Å². The van der Waals surface area contributed by atoms with Crippen LogP contribution in [-0.4, -0.2) is 12.7 Å². The van der Waals surface area contributed by atoms with Gasteiger partial charge < -0.3 is 15.2 Å². The number of nitrogens with two attached hydrogens (primary N) is 1. The molecule has 0 aromatic heterocycles. The normalized spacial score (nSPS) is 16.4. The Hall–Kier alpha value is -2.07. The lowest BCUT2D eigenvalue weighted by Crippen LogP contribution is -2.22. The molecule has 2 aromatic carbocycles. The average Bonchev–Trinajstić information content (AvgIpc) is 2.88. The van der Waals surface area contributed by atoms with Crippen LogP contribution in [0.4, 0.5) is 4.39 Å². The molecule has 1 heterocycles. The maximum Gasteiger partial charge on any atom is 0.137 e. The van der Waals surface area contributed by atoms with Gasteiger partial charge in [0, 0.05) is 18.5 Å². The van der Waals surface area contributed by atoms with Crippen molar-refractivity contribution in [2.75, 3.05) is 6.61 Å². The number of hydrogen-bond donors (Lipinski definition) is 1. The molecule has 0 saturated carbocycles. The Balaban J connectivity index is 1.65. The fraction of sp³-hybridized carbons (Fsp3) is 0.294. The van der Waals surface area contributed by atoms with Gasteiger partial charge in [-0.25, -0.2) is 4.39 Å². The number of halogens is 1. The first kappa shape index (κ1) is 13.9. The van der Waals surface area contributed by atoms with Crippen LogP contribution < -0.4 is 15.2 Å². The number of hydrogen-bond acceptors (Lipinski definition) is 3. The molecule has 0 fully saturated rings. The number of benzene rings is 2. The van der Waals surface area contributed by atoms with Gasteiger partial charge in [0.25, 0.3) is 0 Å². The molecule has 110 valence electrons. The van der Waals surface area contributed by atoms with Crippen LogP contribution in [0.5, 0.6) is 11.5 Å². The maximum absolute atomic E-state index is 13.2. The van der Waals surface area contributed by atoms with Gasteiger partial charge in [-0.05, 0) is 42.3 Å². The van der Waals surface area contributed by atoms with Crippen LogP contribution in [0.2, 0.25) is 0 Å². The van der Waals surface area contributed by atoms with E-state index in [1.165, 1.54) is 12.1 Å². The van der Waals surface area contributed by atoms with Gasteiger partial charge in [-0.15, -0.1) is 0 Å². The highest BCUT2D eigenvalue weighted by Gasteiger charge is 2.24. The number of fused-ring (bicyclic) bond motifs is 1. The standard InChI is InChI=1S/C17H18FNO2/c1-11-2-3-12(9-19)6-17(11)20-10-15-8-13-7-14(18)4-5-16(13)21-15/h2-7,15H,8-10,19H2,1H3. The second kappa shape index (κ2) is 5.74. The molecule has 4 heteroatoms. The summed E-state index contributed by atoms with van der Waals surface area (Å²) in [7, 11) is 0. The summed E-state index contributed by atoms with van der Waals surface area (Å²) in [6, 6.07) is 10.6. The summed E-state index contributed by atoms with van der Waals surface area (Å²) < 4.78 is 24.8. The fourth-order valence-corrected chi connectivity index (χ4v) is 2.49. The van der Waals surface area contributed by atoms with Crippen molar-refractivity contribution in [2.45, 2.75) is 26.0 Å². The van der Waals surface area contributed by atoms with Gasteiger partial charge in [-0.1, -0.05) is 12.1 Å². The van der Waals surface area contributed by atoms with Gasteiger partial charge in [0.15, 0.2) is 0 Å². The van der Waals surface area contributed by atoms with Crippen LogP contribution >= 0.6 is 0 Å². The Morgan fingerprint density at radius 1 is 1.29 bits per heavy atom. The third-order valence-corrected chi connectivity index (χ3v) is 3.68. The van der Waals surface area contributed by atoms with Crippen LogP contribution in [0.15, 0.2) is 36.4 Å². The average molecular weight is 287 g/mol. The van der Waals surface area contributed by atoms with E-state index in [1.54, 1.807) is 6.07 Å². The van der Waals surface area contributed by atoms with E-state index in [2.05, 4.69) is 0 Å². The SMILES string of the molecule is Cc1ccc(CN)cc1OCC1Cc2cc(F)ccc2O1. The molecule has 0 saturated heterocycles. The zero-order valence-corrected chi connectivity index (χ0v) is 11.9. The molecule has 3 rings (SSSR count). The van der Waals surface area contributed by atoms with E-state index in [1.807, 2.05) is 25.1 Å². The Morgan fingerprint density at radius 2 is 2.14 bits per heavy atom. The summed E-state index contributed by atoms with van der Waals surface area (Å²) in [5.41, 5.74) is 8.64. The highest BCUT2D eigenvalue weighted by atomic mass is 19.1. The van der Waals surface area contributed by atoms with Gasteiger partial charge in [0.05, 0.1) is 0 Å². The summed E-state index contributed by atoms with van der Waals surface area (Å²) in [5, 5.41) is 0. The molecule has 1 aliphatic rings. The van der Waals surface area contributed by atoms with Crippen molar-refractivity contribution in [1.29, 1.82) is 0 Å². The second-order valence-electron chi connectivity index (χ2n) is 5.31. The monoisotopic (exact) mass is 287 g/mol. The highest BCUT2D eigenvalue weighted by Crippen LogP contribution is 2.30. The molecule has 0 aliphatic carbocycles. The van der Waals surface area contributed by atoms with Gasteiger partial charge in [-0.3, -0.25) is 0 Å². The lowest BCUT2D eigenvalue weighted by Gasteiger charge is -2.14. The first-order chi connectivity index (χ1) is 10.2. The molecule has 0 radical (unpaired) electrons. The van der Waals surface area contributed by atoms with Crippen molar-refractivity contribution in [3.63, 3.8) is 0 Å². The minimum atomic E-state index is -0.231.